The van der Waals surface area contributed by atoms with Gasteiger partial charge in [0.25, 0.3) is 0 Å². The van der Waals surface area contributed by atoms with Gasteiger partial charge in [0.1, 0.15) is 0 Å². The van der Waals surface area contributed by atoms with Crippen molar-refractivity contribution >= 4 is 75.1 Å². The molecule has 47 heavy (non-hydrogen) atoms. The Morgan fingerprint density at radius 3 is 1.77 bits per heavy atom. The van der Waals surface area contributed by atoms with Crippen LogP contribution >= 0.6 is 11.3 Å². The van der Waals surface area contributed by atoms with Crippen LogP contribution in [0.5, 0.6) is 0 Å². The summed E-state index contributed by atoms with van der Waals surface area (Å²) in [6.45, 7) is 0. The van der Waals surface area contributed by atoms with Gasteiger partial charge < -0.3 is 9.13 Å². The second kappa shape index (κ2) is 9.92. The lowest BCUT2D eigenvalue weighted by atomic mass is 10.0. The third kappa shape index (κ3) is 3.78. The molecule has 0 unspecified atom stereocenters. The zero-order valence-electron chi connectivity index (χ0n) is 25.2. The molecular formula is C43H25N3S. The Hall–Kier alpha value is -6.15. The number of hydrogen-bond acceptors (Lipinski definition) is 2. The van der Waals surface area contributed by atoms with Gasteiger partial charge in [0, 0.05) is 53.1 Å². The highest BCUT2D eigenvalue weighted by Crippen LogP contribution is 2.43. The van der Waals surface area contributed by atoms with Crippen molar-refractivity contribution < 1.29 is 0 Å². The molecule has 0 N–H and O–H groups in total. The number of aromatic nitrogens is 2. The van der Waals surface area contributed by atoms with Crippen molar-refractivity contribution in [2.45, 2.75) is 0 Å². The van der Waals surface area contributed by atoms with Crippen LogP contribution in [0, 0.1) is 11.3 Å². The minimum Gasteiger partial charge on any atom is -0.309 e. The maximum Gasteiger partial charge on any atom is 0.0991 e. The summed E-state index contributed by atoms with van der Waals surface area (Å²) < 4.78 is 7.31. The van der Waals surface area contributed by atoms with Gasteiger partial charge in [-0.3, -0.25) is 0 Å². The fourth-order valence-electron chi connectivity index (χ4n) is 7.50. The molecule has 0 radical (unpaired) electrons. The molecule has 0 aliphatic carbocycles. The van der Waals surface area contributed by atoms with E-state index in [2.05, 4.69) is 155 Å². The Morgan fingerprint density at radius 2 is 1.06 bits per heavy atom. The summed E-state index contributed by atoms with van der Waals surface area (Å²) in [7, 11) is 0. The smallest absolute Gasteiger partial charge is 0.0991 e. The van der Waals surface area contributed by atoms with Gasteiger partial charge in [-0.15, -0.1) is 11.3 Å². The summed E-state index contributed by atoms with van der Waals surface area (Å²) in [5.74, 6) is 0. The monoisotopic (exact) mass is 615 g/mol. The maximum atomic E-state index is 9.79. The summed E-state index contributed by atoms with van der Waals surface area (Å²) in [4.78, 5) is 0. The number of nitrogens with zero attached hydrogens (tertiary/aromatic N) is 3. The highest BCUT2D eigenvalue weighted by Gasteiger charge is 2.19. The number of hydrogen-bond donors (Lipinski definition) is 0. The van der Waals surface area contributed by atoms with Crippen LogP contribution < -0.4 is 0 Å². The van der Waals surface area contributed by atoms with Crippen molar-refractivity contribution in [1.29, 1.82) is 5.26 Å². The van der Waals surface area contributed by atoms with E-state index in [0.717, 1.165) is 38.8 Å². The molecule has 10 aromatic rings. The van der Waals surface area contributed by atoms with E-state index in [1.54, 1.807) is 0 Å². The van der Waals surface area contributed by atoms with Crippen molar-refractivity contribution in [2.75, 3.05) is 0 Å². The van der Waals surface area contributed by atoms with Gasteiger partial charge in [-0.2, -0.15) is 5.26 Å². The zero-order valence-corrected chi connectivity index (χ0v) is 26.0. The van der Waals surface area contributed by atoms with Crippen LogP contribution in [0.1, 0.15) is 5.56 Å². The molecule has 10 rings (SSSR count). The molecule has 0 spiro atoms. The zero-order chi connectivity index (χ0) is 31.1. The summed E-state index contributed by atoms with van der Waals surface area (Å²) in [5, 5.41) is 17.1. The van der Waals surface area contributed by atoms with Gasteiger partial charge in [0.05, 0.1) is 33.7 Å². The lowest BCUT2D eigenvalue weighted by molar-refractivity contribution is 1.18. The first kappa shape index (κ1) is 26.1. The Balaban J connectivity index is 1.22. The first-order valence-electron chi connectivity index (χ1n) is 15.7. The van der Waals surface area contributed by atoms with E-state index in [-0.39, 0.29) is 0 Å². The van der Waals surface area contributed by atoms with E-state index < -0.39 is 0 Å². The molecule has 7 aromatic carbocycles. The van der Waals surface area contributed by atoms with Crippen LogP contribution in [0.15, 0.2) is 152 Å². The Labute approximate surface area is 274 Å². The molecule has 0 aliphatic rings. The van der Waals surface area contributed by atoms with E-state index >= 15 is 0 Å². The normalized spacial score (nSPS) is 11.8. The largest absolute Gasteiger partial charge is 0.309 e. The second-order valence-electron chi connectivity index (χ2n) is 12.1. The number of fused-ring (bicyclic) bond motifs is 10. The SMILES string of the molecule is N#Cc1ccc2c(c1)c1ccc3sc4ccccc4c3c1n2-c1cccc(-c2cccc(-n3c4ccccc4c4ccccc43)c2)c1. The Bertz CT molecular complexity index is 2880. The minimum absolute atomic E-state index is 0.669. The van der Waals surface area contributed by atoms with Crippen LogP contribution in [0.25, 0.3) is 86.3 Å². The first-order valence-corrected chi connectivity index (χ1v) is 16.6. The van der Waals surface area contributed by atoms with Crippen LogP contribution in [-0.4, -0.2) is 9.13 Å². The third-order valence-electron chi connectivity index (χ3n) is 9.52. The quantitative estimate of drug-likeness (QED) is 0.195. The van der Waals surface area contributed by atoms with Gasteiger partial charge in [0.2, 0.25) is 0 Å². The van der Waals surface area contributed by atoms with Crippen molar-refractivity contribution in [3.05, 3.63) is 157 Å². The molecule has 4 heteroatoms. The molecule has 3 nitrogen and oxygen atoms in total. The van der Waals surface area contributed by atoms with E-state index in [0.29, 0.717) is 5.56 Å². The highest BCUT2D eigenvalue weighted by molar-refractivity contribution is 7.26. The van der Waals surface area contributed by atoms with Gasteiger partial charge >= 0.3 is 0 Å². The predicted octanol–water partition coefficient (Wildman–Crippen LogP) is 11.8. The fraction of sp³-hybridized carbons (Fsp3) is 0. The van der Waals surface area contributed by atoms with Crippen molar-refractivity contribution in [3.8, 4) is 28.6 Å². The van der Waals surface area contributed by atoms with Gasteiger partial charge in [-0.25, -0.2) is 0 Å². The van der Waals surface area contributed by atoms with E-state index in [9.17, 15) is 5.26 Å². The third-order valence-corrected chi connectivity index (χ3v) is 10.7. The molecule has 0 bridgehead atoms. The van der Waals surface area contributed by atoms with Crippen molar-refractivity contribution in [2.24, 2.45) is 0 Å². The molecule has 0 aliphatic heterocycles. The standard InChI is InChI=1S/C43H25N3S/c44-26-27-19-21-39-36(23-27)34-20-22-41-42(35-15-3-6-18-40(35)47-41)43(34)46(39)31-12-8-10-29(25-31)28-9-7-11-30(24-28)45-37-16-4-1-13-32(37)33-14-2-5-17-38(33)45/h1-25H. The average Bonchev–Trinajstić information content (AvgIpc) is 3.79. The number of para-hydroxylation sites is 2. The second-order valence-corrected chi connectivity index (χ2v) is 13.2. The molecular weight excluding hydrogens is 591 g/mol. The van der Waals surface area contributed by atoms with E-state index in [1.165, 1.54) is 47.5 Å². The molecule has 0 atom stereocenters. The first-order chi connectivity index (χ1) is 23.3. The highest BCUT2D eigenvalue weighted by atomic mass is 32.1. The molecule has 0 amide bonds. The summed E-state index contributed by atoms with van der Waals surface area (Å²) in [5.41, 5.74) is 9.89. The summed E-state index contributed by atoms with van der Waals surface area (Å²) >= 11 is 1.83. The average molecular weight is 616 g/mol. The maximum absolute atomic E-state index is 9.79. The molecule has 218 valence electrons. The Kier molecular flexibility index (Phi) is 5.51. The van der Waals surface area contributed by atoms with Gasteiger partial charge in [-0.05, 0) is 77.9 Å². The minimum atomic E-state index is 0.669. The number of thiophene rings is 1. The number of rotatable bonds is 3. The van der Waals surface area contributed by atoms with Crippen molar-refractivity contribution in [3.63, 3.8) is 0 Å². The van der Waals surface area contributed by atoms with E-state index in [4.69, 9.17) is 0 Å². The topological polar surface area (TPSA) is 33.6 Å². The van der Waals surface area contributed by atoms with Crippen LogP contribution in [0.2, 0.25) is 0 Å². The van der Waals surface area contributed by atoms with Crippen molar-refractivity contribution in [1.82, 2.24) is 9.13 Å². The van der Waals surface area contributed by atoms with Crippen LogP contribution in [0.3, 0.4) is 0 Å². The van der Waals surface area contributed by atoms with Crippen LogP contribution in [0.4, 0.5) is 0 Å². The lowest BCUT2D eigenvalue weighted by Crippen LogP contribution is -1.96. The summed E-state index contributed by atoms with van der Waals surface area (Å²) in [6, 6.07) is 56.6. The molecule has 3 aromatic heterocycles. The molecule has 0 saturated carbocycles. The predicted molar refractivity (Wildman–Crippen MR) is 198 cm³/mol. The van der Waals surface area contributed by atoms with Gasteiger partial charge in [-0.1, -0.05) is 84.9 Å². The lowest BCUT2D eigenvalue weighted by Gasteiger charge is -2.13. The Morgan fingerprint density at radius 1 is 0.447 bits per heavy atom. The number of benzene rings is 7. The molecule has 0 fully saturated rings. The molecule has 3 heterocycles. The van der Waals surface area contributed by atoms with Crippen LogP contribution in [-0.2, 0) is 0 Å². The summed E-state index contributed by atoms with van der Waals surface area (Å²) in [6.07, 6.45) is 0. The fourth-order valence-corrected chi connectivity index (χ4v) is 8.61. The molecule has 0 saturated heterocycles. The number of nitriles is 1. The van der Waals surface area contributed by atoms with Gasteiger partial charge in [0.15, 0.2) is 0 Å². The van der Waals surface area contributed by atoms with E-state index in [1.807, 2.05) is 23.5 Å².